The number of hydrogen-bond acceptors (Lipinski definition) is 5. The molecule has 0 aliphatic rings. The third-order valence-electron chi connectivity index (χ3n) is 2.55. The highest BCUT2D eigenvalue weighted by molar-refractivity contribution is 6.04. The number of halogens is 1. The fraction of sp³-hybridized carbons (Fsp3) is 0.167. The van der Waals surface area contributed by atoms with Crippen LogP contribution in [0.5, 0.6) is 0 Å². The van der Waals surface area contributed by atoms with E-state index in [0.29, 0.717) is 12.1 Å². The average Bonchev–Trinajstić information content (AvgIpc) is 2.38. The van der Waals surface area contributed by atoms with Gasteiger partial charge in [0.15, 0.2) is 0 Å². The summed E-state index contributed by atoms with van der Waals surface area (Å²) in [5, 5.41) is 0.770. The molecule has 0 spiro atoms. The van der Waals surface area contributed by atoms with Crippen LogP contribution in [-0.4, -0.2) is 18.1 Å². The molecule has 1 aromatic heterocycles. The predicted octanol–water partition coefficient (Wildman–Crippen LogP) is 1.41. The van der Waals surface area contributed by atoms with Gasteiger partial charge in [-0.25, -0.2) is 4.79 Å². The van der Waals surface area contributed by atoms with Crippen LogP contribution >= 0.6 is 12.4 Å². The lowest BCUT2D eigenvalue weighted by Crippen LogP contribution is -2.21. The van der Waals surface area contributed by atoms with Gasteiger partial charge in [-0.1, -0.05) is 12.1 Å². The number of hydrogen-bond donors (Lipinski definition) is 2. The van der Waals surface area contributed by atoms with Gasteiger partial charge in [0.05, 0.1) is 18.2 Å². The maximum absolute atomic E-state index is 11.6. The Kier molecular flexibility index (Phi) is 5.03. The van der Waals surface area contributed by atoms with Crippen LogP contribution < -0.4 is 11.3 Å². The highest BCUT2D eigenvalue weighted by atomic mass is 35.5. The first-order chi connectivity index (χ1) is 8.27. The number of esters is 1. The van der Waals surface area contributed by atoms with Gasteiger partial charge in [-0.05, 0) is 17.7 Å². The van der Waals surface area contributed by atoms with Gasteiger partial charge in [0.1, 0.15) is 0 Å². The smallest absolute Gasteiger partial charge is 0.338 e. The van der Waals surface area contributed by atoms with Crippen LogP contribution in [0.15, 0.2) is 30.5 Å². The zero-order valence-electron chi connectivity index (χ0n) is 9.84. The van der Waals surface area contributed by atoms with Gasteiger partial charge in [0, 0.05) is 18.1 Å². The first-order valence-electron chi connectivity index (χ1n) is 5.16. The van der Waals surface area contributed by atoms with Crippen molar-refractivity contribution >= 4 is 29.3 Å². The molecule has 1 heterocycles. The van der Waals surface area contributed by atoms with Crippen LogP contribution in [0.3, 0.4) is 0 Å². The summed E-state index contributed by atoms with van der Waals surface area (Å²) in [6.07, 6.45) is 1.68. The van der Waals surface area contributed by atoms with Gasteiger partial charge in [0.25, 0.3) is 0 Å². The number of nitrogens with two attached hydrogens (primary N) is 1. The van der Waals surface area contributed by atoms with Crippen molar-refractivity contribution in [3.05, 3.63) is 41.6 Å². The normalized spacial score (nSPS) is 9.89. The van der Waals surface area contributed by atoms with E-state index in [-0.39, 0.29) is 18.4 Å². The highest BCUT2D eigenvalue weighted by Crippen LogP contribution is 2.21. The number of fused-ring (bicyclic) bond motifs is 1. The standard InChI is InChI=1S/C12H13N3O2.ClH/c1-17-12(16)10-5-4-8(7-15-13)11-9(10)3-2-6-14-11;/h2-6,15H,7,13H2,1H3;1H. The Balaban J connectivity index is 0.00000162. The monoisotopic (exact) mass is 267 g/mol. The first kappa shape index (κ1) is 14.4. The summed E-state index contributed by atoms with van der Waals surface area (Å²) in [7, 11) is 1.36. The zero-order chi connectivity index (χ0) is 12.3. The Bertz CT molecular complexity index is 560. The third kappa shape index (κ3) is 2.59. The van der Waals surface area contributed by atoms with Gasteiger partial charge in [-0.2, -0.15) is 0 Å². The number of ether oxygens (including phenoxy) is 1. The van der Waals surface area contributed by atoms with Crippen LogP contribution in [0.4, 0.5) is 0 Å². The molecule has 0 radical (unpaired) electrons. The molecular weight excluding hydrogens is 254 g/mol. The minimum atomic E-state index is -0.366. The minimum absolute atomic E-state index is 0. The second-order valence-corrected chi connectivity index (χ2v) is 3.54. The Morgan fingerprint density at radius 2 is 2.22 bits per heavy atom. The Morgan fingerprint density at radius 1 is 1.44 bits per heavy atom. The van der Waals surface area contributed by atoms with E-state index < -0.39 is 0 Å². The van der Waals surface area contributed by atoms with Crippen LogP contribution in [0, 0.1) is 0 Å². The lowest BCUT2D eigenvalue weighted by Gasteiger charge is -2.08. The molecule has 6 heteroatoms. The summed E-state index contributed by atoms with van der Waals surface area (Å²) in [5.74, 6) is 4.94. The molecule has 0 bridgehead atoms. The van der Waals surface area contributed by atoms with E-state index in [0.717, 1.165) is 16.5 Å². The molecule has 0 saturated heterocycles. The summed E-state index contributed by atoms with van der Waals surface area (Å²) < 4.78 is 4.74. The van der Waals surface area contributed by atoms with E-state index in [1.807, 2.05) is 12.1 Å². The van der Waals surface area contributed by atoms with Gasteiger partial charge in [-0.15, -0.1) is 12.4 Å². The van der Waals surface area contributed by atoms with Crippen LogP contribution in [0.2, 0.25) is 0 Å². The largest absolute Gasteiger partial charge is 0.465 e. The van der Waals surface area contributed by atoms with E-state index in [2.05, 4.69) is 10.4 Å². The van der Waals surface area contributed by atoms with Crippen molar-refractivity contribution in [3.63, 3.8) is 0 Å². The van der Waals surface area contributed by atoms with E-state index in [1.54, 1.807) is 18.3 Å². The number of rotatable bonds is 3. The fourth-order valence-corrected chi connectivity index (χ4v) is 1.77. The number of nitrogens with zero attached hydrogens (tertiary/aromatic N) is 1. The second kappa shape index (κ2) is 6.30. The fourth-order valence-electron chi connectivity index (χ4n) is 1.77. The van der Waals surface area contributed by atoms with Gasteiger partial charge >= 0.3 is 5.97 Å². The Hall–Kier alpha value is -1.69. The molecule has 3 N–H and O–H groups in total. The predicted molar refractivity (Wildman–Crippen MR) is 71.4 cm³/mol. The Labute approximate surface area is 111 Å². The Morgan fingerprint density at radius 3 is 2.89 bits per heavy atom. The number of benzene rings is 1. The molecule has 5 nitrogen and oxygen atoms in total. The minimum Gasteiger partial charge on any atom is -0.465 e. The molecule has 1 aromatic carbocycles. The second-order valence-electron chi connectivity index (χ2n) is 3.54. The number of aromatic nitrogens is 1. The zero-order valence-corrected chi connectivity index (χ0v) is 10.7. The van der Waals surface area contributed by atoms with Crippen molar-refractivity contribution in [3.8, 4) is 0 Å². The molecule has 0 aliphatic carbocycles. The molecular formula is C12H14ClN3O2. The number of nitrogens with one attached hydrogen (secondary N) is 1. The van der Waals surface area contributed by atoms with Crippen molar-refractivity contribution in [1.29, 1.82) is 0 Å². The highest BCUT2D eigenvalue weighted by Gasteiger charge is 2.12. The lowest BCUT2D eigenvalue weighted by atomic mass is 10.0. The maximum Gasteiger partial charge on any atom is 0.338 e. The number of carbonyl (C=O) groups is 1. The molecule has 18 heavy (non-hydrogen) atoms. The summed E-state index contributed by atoms with van der Waals surface area (Å²) >= 11 is 0. The molecule has 0 aliphatic heterocycles. The van der Waals surface area contributed by atoms with E-state index in [9.17, 15) is 4.79 Å². The average molecular weight is 268 g/mol. The van der Waals surface area contributed by atoms with Gasteiger partial charge < -0.3 is 4.74 Å². The van der Waals surface area contributed by atoms with Crippen molar-refractivity contribution in [2.75, 3.05) is 7.11 Å². The van der Waals surface area contributed by atoms with Crippen molar-refractivity contribution in [2.24, 2.45) is 5.84 Å². The topological polar surface area (TPSA) is 77.2 Å². The molecule has 2 aromatic rings. The van der Waals surface area contributed by atoms with E-state index in [4.69, 9.17) is 10.6 Å². The maximum atomic E-state index is 11.6. The quantitative estimate of drug-likeness (QED) is 0.499. The number of pyridine rings is 1. The van der Waals surface area contributed by atoms with Gasteiger partial charge in [0.2, 0.25) is 0 Å². The van der Waals surface area contributed by atoms with Crippen molar-refractivity contribution in [1.82, 2.24) is 10.4 Å². The SMILES string of the molecule is COC(=O)c1ccc(CNN)c2ncccc12.Cl. The molecule has 2 rings (SSSR count). The van der Waals surface area contributed by atoms with E-state index in [1.165, 1.54) is 7.11 Å². The van der Waals surface area contributed by atoms with Crippen molar-refractivity contribution < 1.29 is 9.53 Å². The number of hydrazine groups is 1. The van der Waals surface area contributed by atoms with Crippen molar-refractivity contribution in [2.45, 2.75) is 6.54 Å². The first-order valence-corrected chi connectivity index (χ1v) is 5.16. The van der Waals surface area contributed by atoms with Crippen LogP contribution in [-0.2, 0) is 11.3 Å². The molecule has 0 saturated carbocycles. The van der Waals surface area contributed by atoms with Crippen LogP contribution in [0.25, 0.3) is 10.9 Å². The number of carbonyl (C=O) groups excluding carboxylic acids is 1. The molecule has 96 valence electrons. The summed E-state index contributed by atoms with van der Waals surface area (Å²) in [6, 6.07) is 7.17. The molecule has 0 amide bonds. The van der Waals surface area contributed by atoms with Crippen LogP contribution in [0.1, 0.15) is 15.9 Å². The van der Waals surface area contributed by atoms with E-state index >= 15 is 0 Å². The molecule has 0 fully saturated rings. The summed E-state index contributed by atoms with van der Waals surface area (Å²) in [5.41, 5.74) is 4.79. The molecule has 0 atom stereocenters. The van der Waals surface area contributed by atoms with Gasteiger partial charge in [-0.3, -0.25) is 16.3 Å². The lowest BCUT2D eigenvalue weighted by molar-refractivity contribution is 0.0603. The number of methoxy groups -OCH3 is 1. The summed E-state index contributed by atoms with van der Waals surface area (Å²) in [4.78, 5) is 15.9. The summed E-state index contributed by atoms with van der Waals surface area (Å²) in [6.45, 7) is 0.495. The molecule has 0 unspecified atom stereocenters. The third-order valence-corrected chi connectivity index (χ3v) is 2.55.